The minimum absolute atomic E-state index is 0.134. The van der Waals surface area contributed by atoms with Crippen molar-refractivity contribution < 1.29 is 27.1 Å². The van der Waals surface area contributed by atoms with Gasteiger partial charge in [-0.25, -0.2) is 4.79 Å². The van der Waals surface area contributed by atoms with Crippen LogP contribution in [0.2, 0.25) is 0 Å². The van der Waals surface area contributed by atoms with Gasteiger partial charge in [-0.05, 0) is 30.3 Å². The average molecular weight is 268 g/mol. The zero-order valence-corrected chi connectivity index (χ0v) is 9.40. The zero-order chi connectivity index (χ0) is 13.6. The number of alkyl halides is 3. The molecule has 0 fully saturated rings. The third-order valence-corrected chi connectivity index (χ3v) is 2.91. The molecule has 0 amide bonds. The standard InChI is InChI=1S/C13H7F3O3/c14-13(15,16)7-3-4-8-9(6-7)11(19-12(8)17)10-2-1-5-18-10/h1-6,11H. The number of benzene rings is 1. The van der Waals surface area contributed by atoms with Gasteiger partial charge in [-0.3, -0.25) is 0 Å². The maximum atomic E-state index is 12.7. The number of furan rings is 1. The van der Waals surface area contributed by atoms with Crippen LogP contribution in [0.5, 0.6) is 0 Å². The molecular weight excluding hydrogens is 261 g/mol. The van der Waals surface area contributed by atoms with Crippen LogP contribution in [0.1, 0.15) is 33.3 Å². The first-order valence-corrected chi connectivity index (χ1v) is 5.42. The van der Waals surface area contributed by atoms with Gasteiger partial charge in [0.1, 0.15) is 5.76 Å². The van der Waals surface area contributed by atoms with E-state index < -0.39 is 23.8 Å². The number of halogens is 3. The molecule has 0 spiro atoms. The lowest BCUT2D eigenvalue weighted by molar-refractivity contribution is -0.137. The molecule has 0 bridgehead atoms. The molecule has 0 saturated heterocycles. The van der Waals surface area contributed by atoms with Gasteiger partial charge in [0.05, 0.1) is 17.4 Å². The van der Waals surface area contributed by atoms with Crippen LogP contribution in [-0.4, -0.2) is 5.97 Å². The first kappa shape index (κ1) is 11.8. The van der Waals surface area contributed by atoms with Crippen molar-refractivity contribution in [3.63, 3.8) is 0 Å². The number of hydrogen-bond acceptors (Lipinski definition) is 3. The van der Waals surface area contributed by atoms with Gasteiger partial charge in [-0.15, -0.1) is 0 Å². The molecule has 1 unspecified atom stereocenters. The lowest BCUT2D eigenvalue weighted by atomic mass is 10.0. The van der Waals surface area contributed by atoms with E-state index in [-0.39, 0.29) is 11.1 Å². The van der Waals surface area contributed by atoms with Crippen LogP contribution in [0.3, 0.4) is 0 Å². The summed E-state index contributed by atoms with van der Waals surface area (Å²) >= 11 is 0. The van der Waals surface area contributed by atoms with Gasteiger partial charge in [0.15, 0.2) is 6.10 Å². The minimum Gasteiger partial charge on any atom is -0.465 e. The summed E-state index contributed by atoms with van der Waals surface area (Å²) in [7, 11) is 0. The van der Waals surface area contributed by atoms with Crippen molar-refractivity contribution in [1.82, 2.24) is 0 Å². The molecule has 0 aliphatic carbocycles. The average Bonchev–Trinajstić information content (AvgIpc) is 2.96. The molecule has 1 aliphatic heterocycles. The Morgan fingerprint density at radius 2 is 1.95 bits per heavy atom. The summed E-state index contributed by atoms with van der Waals surface area (Å²) in [6.07, 6.45) is -4.01. The Morgan fingerprint density at radius 3 is 2.58 bits per heavy atom. The first-order valence-electron chi connectivity index (χ1n) is 5.42. The number of hydrogen-bond donors (Lipinski definition) is 0. The quantitative estimate of drug-likeness (QED) is 0.742. The van der Waals surface area contributed by atoms with Crippen molar-refractivity contribution in [2.24, 2.45) is 0 Å². The smallest absolute Gasteiger partial charge is 0.416 e. The molecule has 2 heterocycles. The van der Waals surface area contributed by atoms with Crippen molar-refractivity contribution in [2.75, 3.05) is 0 Å². The molecule has 0 saturated carbocycles. The predicted molar refractivity (Wildman–Crippen MR) is 57.4 cm³/mol. The molecule has 1 aromatic carbocycles. The third kappa shape index (κ3) is 1.89. The molecule has 1 atom stereocenters. The molecule has 0 N–H and O–H groups in total. The highest BCUT2D eigenvalue weighted by Gasteiger charge is 2.38. The number of ether oxygens (including phenoxy) is 1. The lowest BCUT2D eigenvalue weighted by Gasteiger charge is -2.10. The summed E-state index contributed by atoms with van der Waals surface area (Å²) in [4.78, 5) is 11.6. The Hall–Kier alpha value is -2.24. The van der Waals surface area contributed by atoms with E-state index in [1.807, 2.05) is 0 Å². The van der Waals surface area contributed by atoms with Gasteiger partial charge in [-0.1, -0.05) is 0 Å². The van der Waals surface area contributed by atoms with Crippen molar-refractivity contribution in [1.29, 1.82) is 0 Å². The van der Waals surface area contributed by atoms with Crippen LogP contribution in [0.15, 0.2) is 41.0 Å². The summed E-state index contributed by atoms with van der Waals surface area (Å²) in [6.45, 7) is 0. The number of cyclic esters (lactones) is 1. The van der Waals surface area contributed by atoms with E-state index >= 15 is 0 Å². The molecule has 19 heavy (non-hydrogen) atoms. The Kier molecular flexibility index (Phi) is 2.41. The van der Waals surface area contributed by atoms with Gasteiger partial charge >= 0.3 is 12.1 Å². The van der Waals surface area contributed by atoms with E-state index in [1.165, 1.54) is 6.26 Å². The van der Waals surface area contributed by atoms with Gasteiger partial charge in [0.25, 0.3) is 0 Å². The predicted octanol–water partition coefficient (Wildman–Crippen LogP) is 3.56. The normalized spacial score (nSPS) is 18.3. The van der Waals surface area contributed by atoms with Gasteiger partial charge in [0, 0.05) is 5.56 Å². The maximum absolute atomic E-state index is 12.7. The van der Waals surface area contributed by atoms with Crippen LogP contribution >= 0.6 is 0 Å². The third-order valence-electron chi connectivity index (χ3n) is 2.91. The number of fused-ring (bicyclic) bond motifs is 1. The summed E-state index contributed by atoms with van der Waals surface area (Å²) < 4.78 is 48.2. The SMILES string of the molecule is O=C1OC(c2ccco2)c2cc(C(F)(F)F)ccc21. The van der Waals surface area contributed by atoms with Crippen molar-refractivity contribution in [3.8, 4) is 0 Å². The Bertz CT molecular complexity index is 629. The Morgan fingerprint density at radius 1 is 1.16 bits per heavy atom. The fourth-order valence-corrected chi connectivity index (χ4v) is 2.03. The molecule has 0 radical (unpaired) electrons. The van der Waals surface area contributed by atoms with E-state index in [0.717, 1.165) is 18.2 Å². The van der Waals surface area contributed by atoms with E-state index in [9.17, 15) is 18.0 Å². The minimum atomic E-state index is -4.46. The molecular formula is C13H7F3O3. The number of carbonyl (C=O) groups is 1. The summed E-state index contributed by atoms with van der Waals surface area (Å²) in [5.74, 6) is -0.350. The molecule has 98 valence electrons. The second kappa shape index (κ2) is 3.88. The molecule has 1 aromatic heterocycles. The number of esters is 1. The Labute approximate surface area is 105 Å². The van der Waals surface area contributed by atoms with Crippen LogP contribution in [0, 0.1) is 0 Å². The lowest BCUT2D eigenvalue weighted by Crippen LogP contribution is -2.06. The summed E-state index contributed by atoms with van der Waals surface area (Å²) in [6, 6.07) is 6.05. The van der Waals surface area contributed by atoms with E-state index in [2.05, 4.69) is 0 Å². The summed E-state index contributed by atoms with van der Waals surface area (Å²) in [5, 5.41) is 0. The number of rotatable bonds is 1. The fourth-order valence-electron chi connectivity index (χ4n) is 2.03. The van der Waals surface area contributed by atoms with Crippen LogP contribution < -0.4 is 0 Å². The highest BCUT2D eigenvalue weighted by molar-refractivity contribution is 5.94. The van der Waals surface area contributed by atoms with E-state index in [4.69, 9.17) is 9.15 Å². The molecule has 2 aromatic rings. The maximum Gasteiger partial charge on any atom is 0.416 e. The van der Waals surface area contributed by atoms with Crippen LogP contribution in [0.25, 0.3) is 0 Å². The van der Waals surface area contributed by atoms with Gasteiger partial charge in [0.2, 0.25) is 0 Å². The van der Waals surface area contributed by atoms with Gasteiger partial charge in [-0.2, -0.15) is 13.2 Å². The fraction of sp³-hybridized carbons (Fsp3) is 0.154. The van der Waals surface area contributed by atoms with Crippen molar-refractivity contribution in [3.05, 3.63) is 59.0 Å². The largest absolute Gasteiger partial charge is 0.465 e. The number of carbonyl (C=O) groups excluding carboxylic acids is 1. The van der Waals surface area contributed by atoms with E-state index in [1.54, 1.807) is 12.1 Å². The monoisotopic (exact) mass is 268 g/mol. The van der Waals surface area contributed by atoms with E-state index in [0.29, 0.717) is 5.76 Å². The van der Waals surface area contributed by atoms with Crippen molar-refractivity contribution in [2.45, 2.75) is 12.3 Å². The van der Waals surface area contributed by atoms with Crippen LogP contribution in [0.4, 0.5) is 13.2 Å². The first-order chi connectivity index (χ1) is 8.97. The van der Waals surface area contributed by atoms with Gasteiger partial charge < -0.3 is 9.15 Å². The van der Waals surface area contributed by atoms with Crippen LogP contribution in [-0.2, 0) is 10.9 Å². The summed E-state index contributed by atoms with van der Waals surface area (Å²) in [5.41, 5.74) is -0.509. The Balaban J connectivity index is 2.11. The highest BCUT2D eigenvalue weighted by Crippen LogP contribution is 2.39. The molecule has 1 aliphatic rings. The second-order valence-corrected chi connectivity index (χ2v) is 4.10. The van der Waals surface area contributed by atoms with Crippen molar-refractivity contribution >= 4 is 5.97 Å². The zero-order valence-electron chi connectivity index (χ0n) is 9.40. The molecule has 3 nitrogen and oxygen atoms in total. The topological polar surface area (TPSA) is 39.4 Å². The second-order valence-electron chi connectivity index (χ2n) is 4.10. The highest BCUT2D eigenvalue weighted by atomic mass is 19.4. The molecule has 3 rings (SSSR count). The molecule has 6 heteroatoms.